The number of anilines is 6. The summed E-state index contributed by atoms with van der Waals surface area (Å²) in [5.74, 6) is 0.973. The Balaban J connectivity index is 1.08. The maximum atomic E-state index is 7.23. The van der Waals surface area contributed by atoms with E-state index in [1.54, 1.807) is 0 Å². The fraction of sp³-hybridized carbons (Fsp3) is 0.188. The van der Waals surface area contributed by atoms with Crippen LogP contribution in [0.3, 0.4) is 0 Å². The molecule has 3 aliphatic carbocycles. The first-order valence-corrected chi connectivity index (χ1v) is 24.2. The van der Waals surface area contributed by atoms with Crippen molar-refractivity contribution in [1.82, 2.24) is 0 Å². The van der Waals surface area contributed by atoms with Crippen LogP contribution in [0.15, 0.2) is 161 Å². The van der Waals surface area contributed by atoms with Gasteiger partial charge in [0.05, 0.1) is 16.8 Å². The Morgan fingerprint density at radius 3 is 1.51 bits per heavy atom. The first-order valence-electron chi connectivity index (χ1n) is 24.2. The Bertz CT molecular complexity index is 3790. The van der Waals surface area contributed by atoms with E-state index in [1.807, 2.05) is 0 Å². The number of rotatable bonds is 6. The van der Waals surface area contributed by atoms with Crippen molar-refractivity contribution in [2.45, 2.75) is 79.1 Å². The van der Waals surface area contributed by atoms with Crippen molar-refractivity contribution >= 4 is 73.1 Å². The SMILES string of the molecule is Cc1ccc(N(c2ccccc2)c2cc3c(c4oc5c(c24)CCC=C5)-c2cc4c(cc2C3(C)C)-c2c(cc(N(c3ccccc3)c3ccc(C)cc3C)c3c2oc2ccccc23)C4(C)C)c(C)c1. The molecule has 13 rings (SSSR count). The van der Waals surface area contributed by atoms with E-state index in [0.29, 0.717) is 0 Å². The molecule has 0 radical (unpaired) electrons. The maximum Gasteiger partial charge on any atom is 0.145 e. The number of nitrogens with zero attached hydrogens (tertiary/aromatic N) is 2. The van der Waals surface area contributed by atoms with E-state index < -0.39 is 0 Å². The number of aryl methyl sites for hydroxylation is 5. The number of para-hydroxylation sites is 3. The minimum atomic E-state index is -0.365. The fourth-order valence-electron chi connectivity index (χ4n) is 12.3. The van der Waals surface area contributed by atoms with Gasteiger partial charge in [-0.2, -0.15) is 0 Å². The molecule has 2 heterocycles. The highest BCUT2D eigenvalue weighted by Gasteiger charge is 2.46. The molecule has 3 aliphatic rings. The fourth-order valence-corrected chi connectivity index (χ4v) is 12.3. The molecule has 0 spiro atoms. The van der Waals surface area contributed by atoms with Crippen molar-refractivity contribution in [3.05, 3.63) is 208 Å². The van der Waals surface area contributed by atoms with Gasteiger partial charge in [0, 0.05) is 61.0 Å². The third-order valence-corrected chi connectivity index (χ3v) is 15.6. The monoisotopic (exact) mass is 882 g/mol. The molecule has 4 heteroatoms. The summed E-state index contributed by atoms with van der Waals surface area (Å²) in [4.78, 5) is 4.94. The molecular weight excluding hydrogens is 829 g/mol. The average Bonchev–Trinajstić information content (AvgIpc) is 4.04. The van der Waals surface area contributed by atoms with Gasteiger partial charge in [0.15, 0.2) is 0 Å². The first kappa shape index (κ1) is 40.7. The lowest BCUT2D eigenvalue weighted by Gasteiger charge is -2.30. The van der Waals surface area contributed by atoms with Crippen LogP contribution in [-0.4, -0.2) is 0 Å². The first-order chi connectivity index (χ1) is 32.9. The van der Waals surface area contributed by atoms with Crippen molar-refractivity contribution < 1.29 is 8.83 Å². The predicted molar refractivity (Wildman–Crippen MR) is 284 cm³/mol. The van der Waals surface area contributed by atoms with Crippen LogP contribution >= 0.6 is 0 Å². The third kappa shape index (κ3) is 5.67. The van der Waals surface area contributed by atoms with Crippen LogP contribution in [-0.2, 0) is 17.3 Å². The van der Waals surface area contributed by atoms with Gasteiger partial charge in [-0.15, -0.1) is 0 Å². The summed E-state index contributed by atoms with van der Waals surface area (Å²) < 4.78 is 14.4. The van der Waals surface area contributed by atoms with Crippen LogP contribution in [0.4, 0.5) is 34.1 Å². The van der Waals surface area contributed by atoms with Gasteiger partial charge in [-0.1, -0.05) is 124 Å². The van der Waals surface area contributed by atoms with Gasteiger partial charge in [0.2, 0.25) is 0 Å². The van der Waals surface area contributed by atoms with E-state index in [-0.39, 0.29) is 10.8 Å². The molecule has 0 amide bonds. The van der Waals surface area contributed by atoms with Gasteiger partial charge in [-0.05, 0) is 158 Å². The van der Waals surface area contributed by atoms with E-state index in [9.17, 15) is 0 Å². The minimum absolute atomic E-state index is 0.358. The Morgan fingerprint density at radius 2 is 0.971 bits per heavy atom. The van der Waals surface area contributed by atoms with E-state index >= 15 is 0 Å². The second-order valence-electron chi connectivity index (χ2n) is 20.6. The van der Waals surface area contributed by atoms with Crippen LogP contribution in [0.1, 0.15) is 89.9 Å². The van der Waals surface area contributed by atoms with Crippen LogP contribution < -0.4 is 9.80 Å². The van der Waals surface area contributed by atoms with Crippen molar-refractivity contribution in [3.8, 4) is 22.3 Å². The molecule has 68 heavy (non-hydrogen) atoms. The molecule has 0 saturated heterocycles. The lowest BCUT2D eigenvalue weighted by molar-refractivity contribution is 0.595. The van der Waals surface area contributed by atoms with Crippen LogP contribution in [0.5, 0.6) is 0 Å². The molecule has 4 nitrogen and oxygen atoms in total. The zero-order valence-electron chi connectivity index (χ0n) is 40.1. The molecule has 2 aromatic heterocycles. The van der Waals surface area contributed by atoms with Gasteiger partial charge in [0.25, 0.3) is 0 Å². The van der Waals surface area contributed by atoms with Crippen LogP contribution in [0.2, 0.25) is 0 Å². The lowest BCUT2D eigenvalue weighted by atomic mass is 9.79. The quantitative estimate of drug-likeness (QED) is 0.167. The largest absolute Gasteiger partial charge is 0.456 e. The summed E-state index contributed by atoms with van der Waals surface area (Å²) in [5.41, 5.74) is 25.3. The number of benzene rings is 8. The van der Waals surface area contributed by atoms with Crippen LogP contribution in [0.25, 0.3) is 61.2 Å². The number of fused-ring (bicyclic) bond motifs is 14. The zero-order chi connectivity index (χ0) is 46.4. The maximum absolute atomic E-state index is 7.23. The van der Waals surface area contributed by atoms with Crippen LogP contribution in [0, 0.1) is 27.7 Å². The summed E-state index contributed by atoms with van der Waals surface area (Å²) in [6.07, 6.45) is 6.38. The van der Waals surface area contributed by atoms with Crippen molar-refractivity contribution in [1.29, 1.82) is 0 Å². The van der Waals surface area contributed by atoms with E-state index in [4.69, 9.17) is 8.83 Å². The molecule has 332 valence electrons. The van der Waals surface area contributed by atoms with E-state index in [2.05, 4.69) is 223 Å². The predicted octanol–water partition coefficient (Wildman–Crippen LogP) is 18.1. The zero-order valence-corrected chi connectivity index (χ0v) is 40.1. The molecule has 0 saturated carbocycles. The number of allylic oxidation sites excluding steroid dienone is 1. The highest BCUT2D eigenvalue weighted by Crippen LogP contribution is 2.62. The topological polar surface area (TPSA) is 32.8 Å². The summed E-state index contributed by atoms with van der Waals surface area (Å²) in [6.45, 7) is 18.5. The van der Waals surface area contributed by atoms with Crippen molar-refractivity contribution in [2.75, 3.05) is 9.80 Å². The minimum Gasteiger partial charge on any atom is -0.456 e. The molecule has 0 bridgehead atoms. The summed E-state index contributed by atoms with van der Waals surface area (Å²) in [5, 5.41) is 3.45. The van der Waals surface area contributed by atoms with Crippen molar-refractivity contribution in [2.24, 2.45) is 0 Å². The van der Waals surface area contributed by atoms with Gasteiger partial charge < -0.3 is 18.6 Å². The van der Waals surface area contributed by atoms with Gasteiger partial charge >= 0.3 is 0 Å². The smallest absolute Gasteiger partial charge is 0.145 e. The Labute approximate surface area is 398 Å². The number of furan rings is 2. The Hall–Kier alpha value is -7.56. The molecule has 8 aromatic carbocycles. The third-order valence-electron chi connectivity index (χ3n) is 15.6. The second-order valence-corrected chi connectivity index (χ2v) is 20.6. The molecule has 0 unspecified atom stereocenters. The molecule has 0 fully saturated rings. The highest BCUT2D eigenvalue weighted by atomic mass is 16.3. The van der Waals surface area contributed by atoms with Crippen molar-refractivity contribution in [3.63, 3.8) is 0 Å². The Kier molecular flexibility index (Phi) is 8.66. The molecule has 0 aliphatic heterocycles. The lowest BCUT2D eigenvalue weighted by Crippen LogP contribution is -2.18. The standard InChI is InChI=1S/C64H54N2O2/c1-37-27-29-51(39(3)31-37)65(41-19-11-9-12-20-41)53-35-49-57(61-59(53)43-23-15-17-25-55(43)67-61)45-33-48-46(34-47(45)63(49,5)6)58-50(64(48,7)8)36-54(60-44-24-16-18-26-56(44)68-62(58)60)66(42-21-13-10-14-22-42)52-30-28-38(2)32-40(52)4/h9-15,17-23,25-36H,16,24H2,1-8H3. The Morgan fingerprint density at radius 1 is 0.471 bits per heavy atom. The van der Waals surface area contributed by atoms with Gasteiger partial charge in [-0.3, -0.25) is 0 Å². The van der Waals surface area contributed by atoms with E-state index in [0.717, 1.165) is 68.9 Å². The number of hydrogen-bond acceptors (Lipinski definition) is 4. The summed E-state index contributed by atoms with van der Waals surface area (Å²) >= 11 is 0. The number of hydrogen-bond donors (Lipinski definition) is 0. The van der Waals surface area contributed by atoms with Gasteiger partial charge in [-0.25, -0.2) is 0 Å². The van der Waals surface area contributed by atoms with Gasteiger partial charge in [0.1, 0.15) is 22.5 Å². The molecule has 0 N–H and O–H groups in total. The second kappa shape index (κ2) is 14.5. The normalized spacial score (nSPS) is 14.8. The molecular formula is C64H54N2O2. The van der Waals surface area contributed by atoms with E-state index in [1.165, 1.54) is 89.1 Å². The summed E-state index contributed by atoms with van der Waals surface area (Å²) in [7, 11) is 0. The molecule has 0 atom stereocenters. The average molecular weight is 883 g/mol. The summed E-state index contributed by atoms with van der Waals surface area (Å²) in [6, 6.07) is 53.9. The molecule has 10 aromatic rings. The highest BCUT2D eigenvalue weighted by molar-refractivity contribution is 6.19.